The highest BCUT2D eigenvalue weighted by Crippen LogP contribution is 2.41. The van der Waals surface area contributed by atoms with E-state index in [-0.39, 0.29) is 30.8 Å². The number of carboxylic acids is 1. The van der Waals surface area contributed by atoms with Crippen LogP contribution in [-0.2, 0) is 4.79 Å². The number of nitrogens with one attached hydrogen (secondary N) is 1. The minimum Gasteiger partial charge on any atom is -0.475 e. The summed E-state index contributed by atoms with van der Waals surface area (Å²) in [5.74, 6) is -5.32. The minimum atomic E-state index is -5.08. The Bertz CT molecular complexity index is 1220. The van der Waals surface area contributed by atoms with Crippen LogP contribution in [0, 0.1) is 6.92 Å². The maximum atomic E-state index is 13.6. The van der Waals surface area contributed by atoms with Crippen molar-refractivity contribution in [2.45, 2.75) is 94.6 Å². The van der Waals surface area contributed by atoms with Gasteiger partial charge in [-0.3, -0.25) is 19.3 Å². The van der Waals surface area contributed by atoms with Gasteiger partial charge in [-0.05, 0) is 51.5 Å². The molecule has 0 unspecified atom stereocenters. The Morgan fingerprint density at radius 1 is 1.00 bits per heavy atom. The lowest BCUT2D eigenvalue weighted by Gasteiger charge is -2.46. The number of nitrogens with zero attached hydrogens (tertiary/aromatic N) is 4. The largest absolute Gasteiger partial charge is 0.490 e. The number of piperazine rings is 1. The number of carboxylic acid groups (broad SMARTS) is 1. The van der Waals surface area contributed by atoms with E-state index in [9.17, 15) is 26.7 Å². The molecule has 40 heavy (non-hydrogen) atoms. The smallest absolute Gasteiger partial charge is 0.475 e. The predicted octanol–water partition coefficient (Wildman–Crippen LogP) is 4.83. The molecular formula is C26H34F5N5O3S. The van der Waals surface area contributed by atoms with E-state index in [1.54, 1.807) is 0 Å². The molecule has 3 heterocycles. The summed E-state index contributed by atoms with van der Waals surface area (Å²) >= 11 is 1.45. The topological polar surface area (TPSA) is 90.7 Å². The van der Waals surface area contributed by atoms with Gasteiger partial charge in [0.05, 0.1) is 16.6 Å². The molecule has 222 valence electrons. The molecule has 0 spiro atoms. The third-order valence-corrected chi connectivity index (χ3v) is 9.57. The highest BCUT2D eigenvalue weighted by Gasteiger charge is 2.40. The summed E-state index contributed by atoms with van der Waals surface area (Å²) in [6.45, 7) is 6.62. The molecule has 14 heteroatoms. The molecule has 2 aromatic heterocycles. The van der Waals surface area contributed by atoms with E-state index in [1.165, 1.54) is 37.3 Å². The zero-order valence-corrected chi connectivity index (χ0v) is 23.0. The number of fused-ring (bicyclic) bond motifs is 1. The van der Waals surface area contributed by atoms with Crippen LogP contribution in [0.25, 0.3) is 10.2 Å². The Kier molecular flexibility index (Phi) is 8.14. The first-order valence-electron chi connectivity index (χ1n) is 13.8. The first kappa shape index (κ1) is 29.2. The van der Waals surface area contributed by atoms with Crippen molar-refractivity contribution in [2.24, 2.45) is 0 Å². The van der Waals surface area contributed by atoms with Crippen molar-refractivity contribution in [3.63, 3.8) is 0 Å². The first-order valence-corrected chi connectivity index (χ1v) is 14.6. The summed E-state index contributed by atoms with van der Waals surface area (Å²) in [6.07, 6.45) is 0.422. The lowest BCUT2D eigenvalue weighted by molar-refractivity contribution is -0.192. The Hall–Kier alpha value is -2.32. The number of hydrogen-bond donors (Lipinski definition) is 2. The van der Waals surface area contributed by atoms with Gasteiger partial charge in [0, 0.05) is 62.5 Å². The summed E-state index contributed by atoms with van der Waals surface area (Å²) in [4.78, 5) is 28.7. The average Bonchev–Trinajstić information content (AvgIpc) is 3.54. The maximum Gasteiger partial charge on any atom is 0.490 e. The quantitative estimate of drug-likeness (QED) is 0.485. The van der Waals surface area contributed by atoms with Crippen molar-refractivity contribution in [3.8, 4) is 0 Å². The number of hydrogen-bond acceptors (Lipinski definition) is 6. The lowest BCUT2D eigenvalue weighted by Crippen LogP contribution is -2.58. The second-order valence-electron chi connectivity index (χ2n) is 11.3. The molecule has 8 nitrogen and oxygen atoms in total. The van der Waals surface area contributed by atoms with Crippen LogP contribution >= 0.6 is 11.3 Å². The van der Waals surface area contributed by atoms with Crippen molar-refractivity contribution < 1.29 is 36.6 Å². The minimum absolute atomic E-state index is 0.0110. The van der Waals surface area contributed by atoms with Crippen LogP contribution in [0.3, 0.4) is 0 Å². The molecule has 4 fully saturated rings. The fourth-order valence-electron chi connectivity index (χ4n) is 5.87. The molecule has 1 aliphatic heterocycles. The van der Waals surface area contributed by atoms with E-state index in [2.05, 4.69) is 20.2 Å². The van der Waals surface area contributed by atoms with E-state index < -0.39 is 18.1 Å². The molecule has 6 rings (SSSR count). The van der Waals surface area contributed by atoms with Gasteiger partial charge in [-0.25, -0.2) is 13.6 Å². The van der Waals surface area contributed by atoms with Gasteiger partial charge >= 0.3 is 12.1 Å². The van der Waals surface area contributed by atoms with Crippen molar-refractivity contribution >= 4 is 33.4 Å². The van der Waals surface area contributed by atoms with E-state index in [4.69, 9.17) is 9.90 Å². The summed E-state index contributed by atoms with van der Waals surface area (Å²) < 4.78 is 60.8. The summed E-state index contributed by atoms with van der Waals surface area (Å²) in [5, 5.41) is 16.0. The Labute approximate surface area is 232 Å². The number of thiophene rings is 1. The van der Waals surface area contributed by atoms with Crippen molar-refractivity contribution in [1.29, 1.82) is 0 Å². The Morgan fingerprint density at radius 2 is 1.55 bits per heavy atom. The van der Waals surface area contributed by atoms with Gasteiger partial charge in [0.1, 0.15) is 4.83 Å². The van der Waals surface area contributed by atoms with Crippen molar-refractivity contribution in [1.82, 2.24) is 24.9 Å². The van der Waals surface area contributed by atoms with Crippen molar-refractivity contribution in [2.75, 3.05) is 26.2 Å². The molecule has 4 aliphatic rings. The molecule has 2 N–H and O–H groups in total. The molecule has 0 bridgehead atoms. The van der Waals surface area contributed by atoms with E-state index >= 15 is 0 Å². The second kappa shape index (κ2) is 11.2. The Morgan fingerprint density at radius 3 is 2.08 bits per heavy atom. The molecule has 3 saturated carbocycles. The van der Waals surface area contributed by atoms with Gasteiger partial charge in [0.2, 0.25) is 5.92 Å². The van der Waals surface area contributed by atoms with Gasteiger partial charge in [0.25, 0.3) is 5.91 Å². The number of alkyl halides is 5. The second-order valence-corrected chi connectivity index (χ2v) is 12.4. The molecule has 0 radical (unpaired) electrons. The van der Waals surface area contributed by atoms with Crippen LogP contribution in [0.2, 0.25) is 0 Å². The normalized spacial score (nSPS) is 26.1. The maximum absolute atomic E-state index is 13.6. The zero-order chi connectivity index (χ0) is 28.8. The van der Waals surface area contributed by atoms with Gasteiger partial charge in [-0.1, -0.05) is 0 Å². The number of carbonyl (C=O) groups is 2. The van der Waals surface area contributed by atoms with Crippen LogP contribution in [-0.4, -0.2) is 93.0 Å². The van der Waals surface area contributed by atoms with Crippen LogP contribution in [0.1, 0.15) is 72.8 Å². The highest BCUT2D eigenvalue weighted by molar-refractivity contribution is 7.20. The standard InChI is InChI=1S/C24H33F2N5OS.C2HF3O2/c1-15-20-14-21(33-23(20)31(28-15)18-4-6-24(25,26)7-5-18)22(32)27-16-12-19(13-16)30-10-8-29(9-11-30)17-2-3-17;3-2(4,5)1(6)7/h14,16-19H,2-13H2,1H3,(H,27,32);(H,6,7). The SMILES string of the molecule is Cc1nn(C2CCC(F)(F)CC2)c2sc(C(=O)NC3CC(N4CCN(C5CC5)CC4)C3)cc12.O=C(O)C(F)(F)F. The number of amides is 1. The molecule has 0 atom stereocenters. The van der Waals surface area contributed by atoms with Crippen LogP contribution in [0.4, 0.5) is 22.0 Å². The van der Waals surface area contributed by atoms with E-state index in [0.29, 0.717) is 23.8 Å². The number of carbonyl (C=O) groups excluding carboxylic acids is 1. The average molecular weight is 592 g/mol. The van der Waals surface area contributed by atoms with E-state index in [0.717, 1.165) is 47.9 Å². The van der Waals surface area contributed by atoms with Crippen LogP contribution in [0.15, 0.2) is 6.07 Å². The summed E-state index contributed by atoms with van der Waals surface area (Å²) in [7, 11) is 0. The van der Waals surface area contributed by atoms with Gasteiger partial charge in [0.15, 0.2) is 0 Å². The van der Waals surface area contributed by atoms with Crippen molar-refractivity contribution in [3.05, 3.63) is 16.6 Å². The zero-order valence-electron chi connectivity index (χ0n) is 22.2. The molecule has 3 aliphatic carbocycles. The van der Waals surface area contributed by atoms with Gasteiger partial charge in [-0.2, -0.15) is 18.3 Å². The molecule has 0 aromatic carbocycles. The van der Waals surface area contributed by atoms with E-state index in [1.807, 2.05) is 17.7 Å². The van der Waals surface area contributed by atoms with Crippen LogP contribution < -0.4 is 5.32 Å². The number of aliphatic carboxylic acids is 1. The van der Waals surface area contributed by atoms with Crippen LogP contribution in [0.5, 0.6) is 0 Å². The summed E-state index contributed by atoms with van der Waals surface area (Å²) in [6, 6.07) is 3.62. The van der Waals surface area contributed by atoms with Gasteiger partial charge in [-0.15, -0.1) is 11.3 Å². The predicted molar refractivity (Wildman–Crippen MR) is 139 cm³/mol. The molecular weight excluding hydrogens is 557 g/mol. The number of rotatable bonds is 5. The number of halogens is 5. The number of aromatic nitrogens is 2. The van der Waals surface area contributed by atoms with Gasteiger partial charge < -0.3 is 10.4 Å². The fraction of sp³-hybridized carbons (Fsp3) is 0.731. The highest BCUT2D eigenvalue weighted by atomic mass is 32.1. The summed E-state index contributed by atoms with van der Waals surface area (Å²) in [5.41, 5.74) is 0.867. The fourth-order valence-corrected chi connectivity index (χ4v) is 7.00. The third-order valence-electron chi connectivity index (χ3n) is 8.44. The third kappa shape index (κ3) is 6.59. The molecule has 1 saturated heterocycles. The molecule has 1 amide bonds. The monoisotopic (exact) mass is 591 g/mol. The Balaban J connectivity index is 0.000000411. The lowest BCUT2D eigenvalue weighted by atomic mass is 9.85. The number of aryl methyl sites for hydroxylation is 1. The first-order chi connectivity index (χ1) is 18.8. The molecule has 2 aromatic rings.